The second-order valence-electron chi connectivity index (χ2n) is 3.69. The molecule has 0 bridgehead atoms. The quantitative estimate of drug-likeness (QED) is 0.502. The van der Waals surface area contributed by atoms with Crippen LogP contribution < -0.4 is 0 Å². The molecule has 0 spiro atoms. The molecular formula is C10H14NO6P. The van der Waals surface area contributed by atoms with Gasteiger partial charge in [0.05, 0.1) is 4.92 Å². The highest BCUT2D eigenvalue weighted by molar-refractivity contribution is 7.54. The van der Waals surface area contributed by atoms with Crippen LogP contribution in [0, 0.1) is 10.1 Å². The van der Waals surface area contributed by atoms with E-state index in [4.69, 9.17) is 9.05 Å². The largest absolute Gasteiger partial charge is 0.373 e. The summed E-state index contributed by atoms with van der Waals surface area (Å²) >= 11 is 0. The third kappa shape index (κ3) is 2.44. The monoisotopic (exact) mass is 275 g/mol. The van der Waals surface area contributed by atoms with Gasteiger partial charge in [0.1, 0.15) is 0 Å². The van der Waals surface area contributed by atoms with E-state index in [0.29, 0.717) is 0 Å². The maximum atomic E-state index is 12.2. The van der Waals surface area contributed by atoms with Crippen molar-refractivity contribution in [1.82, 2.24) is 0 Å². The Bertz CT molecular complexity index is 476. The van der Waals surface area contributed by atoms with E-state index in [1.165, 1.54) is 31.2 Å². The minimum atomic E-state index is -3.76. The van der Waals surface area contributed by atoms with Crippen LogP contribution in [-0.4, -0.2) is 24.2 Å². The SMILES string of the molecule is COP(=O)(OC)C(C)(O)c1ccc([N+](=O)[O-])cc1. The van der Waals surface area contributed by atoms with Crippen molar-refractivity contribution in [2.75, 3.05) is 14.2 Å². The van der Waals surface area contributed by atoms with Gasteiger partial charge >= 0.3 is 7.60 Å². The maximum Gasteiger partial charge on any atom is 0.365 e. The fourth-order valence-electron chi connectivity index (χ4n) is 1.49. The first-order valence-corrected chi connectivity index (χ1v) is 6.51. The van der Waals surface area contributed by atoms with E-state index in [9.17, 15) is 19.8 Å². The molecule has 1 aromatic carbocycles. The molecule has 0 amide bonds. The number of hydrogen-bond acceptors (Lipinski definition) is 6. The molecule has 8 heteroatoms. The van der Waals surface area contributed by atoms with Crippen LogP contribution in [0.25, 0.3) is 0 Å². The Morgan fingerprint density at radius 2 is 1.72 bits per heavy atom. The summed E-state index contributed by atoms with van der Waals surface area (Å²) < 4.78 is 21.6. The Balaban J connectivity index is 3.20. The zero-order valence-electron chi connectivity index (χ0n) is 10.2. The van der Waals surface area contributed by atoms with Crippen molar-refractivity contribution in [3.8, 4) is 0 Å². The summed E-state index contributed by atoms with van der Waals surface area (Å²) in [6.45, 7) is 1.27. The van der Waals surface area contributed by atoms with Gasteiger partial charge in [0.25, 0.3) is 5.69 Å². The van der Waals surface area contributed by atoms with Gasteiger partial charge in [0.2, 0.25) is 0 Å². The molecule has 1 N–H and O–H groups in total. The van der Waals surface area contributed by atoms with Crippen LogP contribution >= 0.6 is 7.60 Å². The first kappa shape index (κ1) is 14.8. The number of nitrogens with zero attached hydrogens (tertiary/aromatic N) is 1. The predicted octanol–water partition coefficient (Wildman–Crippen LogP) is 2.25. The highest BCUT2D eigenvalue weighted by Crippen LogP contribution is 2.62. The zero-order valence-corrected chi connectivity index (χ0v) is 11.1. The molecule has 18 heavy (non-hydrogen) atoms. The molecule has 7 nitrogen and oxygen atoms in total. The van der Waals surface area contributed by atoms with Crippen molar-refractivity contribution in [3.63, 3.8) is 0 Å². The molecule has 0 fully saturated rings. The lowest BCUT2D eigenvalue weighted by atomic mass is 10.1. The first-order valence-electron chi connectivity index (χ1n) is 4.97. The van der Waals surface area contributed by atoms with Gasteiger partial charge in [-0.2, -0.15) is 0 Å². The lowest BCUT2D eigenvalue weighted by molar-refractivity contribution is -0.384. The minimum absolute atomic E-state index is 0.126. The van der Waals surface area contributed by atoms with Crippen LogP contribution in [0.3, 0.4) is 0 Å². The van der Waals surface area contributed by atoms with E-state index in [1.54, 1.807) is 0 Å². The lowest BCUT2D eigenvalue weighted by Crippen LogP contribution is -2.23. The van der Waals surface area contributed by atoms with Crippen molar-refractivity contribution >= 4 is 13.3 Å². The van der Waals surface area contributed by atoms with Crippen molar-refractivity contribution in [3.05, 3.63) is 39.9 Å². The number of non-ortho nitro benzene ring substituents is 1. The standard InChI is InChI=1S/C10H14NO6P/c1-10(12,18(15,16-2)17-3)8-4-6-9(7-5-8)11(13)14/h4-7,12H,1-3H3. The number of rotatable bonds is 5. The minimum Gasteiger partial charge on any atom is -0.373 e. The second-order valence-corrected chi connectivity index (χ2v) is 6.28. The summed E-state index contributed by atoms with van der Waals surface area (Å²) in [4.78, 5) is 9.95. The molecule has 1 aromatic rings. The molecule has 0 aliphatic rings. The number of benzene rings is 1. The average molecular weight is 275 g/mol. The summed E-state index contributed by atoms with van der Waals surface area (Å²) in [5.41, 5.74) is 0.0827. The fraction of sp³-hybridized carbons (Fsp3) is 0.400. The van der Waals surface area contributed by atoms with Gasteiger partial charge in [-0.15, -0.1) is 0 Å². The highest BCUT2D eigenvalue weighted by Gasteiger charge is 2.46. The molecule has 1 unspecified atom stereocenters. The normalized spacial score (nSPS) is 15.1. The molecule has 1 atom stereocenters. The Kier molecular flexibility index (Phi) is 4.24. The Morgan fingerprint density at radius 3 is 2.06 bits per heavy atom. The van der Waals surface area contributed by atoms with Crippen LogP contribution in [0.4, 0.5) is 5.69 Å². The highest BCUT2D eigenvalue weighted by atomic mass is 31.2. The predicted molar refractivity (Wildman–Crippen MR) is 64.3 cm³/mol. The van der Waals surface area contributed by atoms with Crippen LogP contribution in [0.15, 0.2) is 24.3 Å². The lowest BCUT2D eigenvalue weighted by Gasteiger charge is -2.29. The number of aliphatic hydroxyl groups is 1. The average Bonchev–Trinajstić information content (AvgIpc) is 2.37. The molecule has 0 aliphatic carbocycles. The van der Waals surface area contributed by atoms with E-state index in [-0.39, 0.29) is 11.3 Å². The van der Waals surface area contributed by atoms with Crippen LogP contribution in [0.2, 0.25) is 0 Å². The topological polar surface area (TPSA) is 98.9 Å². The van der Waals surface area contributed by atoms with Gasteiger partial charge in [0.15, 0.2) is 5.34 Å². The molecule has 0 radical (unpaired) electrons. The van der Waals surface area contributed by atoms with E-state index in [1.807, 2.05) is 0 Å². The summed E-state index contributed by atoms with van der Waals surface area (Å²) in [5.74, 6) is 0. The van der Waals surface area contributed by atoms with E-state index in [2.05, 4.69) is 0 Å². The van der Waals surface area contributed by atoms with Gasteiger partial charge < -0.3 is 14.2 Å². The Morgan fingerprint density at radius 1 is 1.28 bits per heavy atom. The third-order valence-corrected chi connectivity index (χ3v) is 4.93. The summed E-state index contributed by atoms with van der Waals surface area (Å²) in [6.07, 6.45) is 0. The third-order valence-electron chi connectivity index (χ3n) is 2.64. The summed E-state index contributed by atoms with van der Waals surface area (Å²) in [7, 11) is -1.45. The van der Waals surface area contributed by atoms with Crippen molar-refractivity contribution in [1.29, 1.82) is 0 Å². The second kappa shape index (κ2) is 5.16. The Hall–Kier alpha value is -1.27. The molecule has 100 valence electrons. The molecule has 0 heterocycles. The van der Waals surface area contributed by atoms with Gasteiger partial charge in [-0.3, -0.25) is 14.7 Å². The molecule has 0 saturated carbocycles. The van der Waals surface area contributed by atoms with Gasteiger partial charge in [-0.1, -0.05) is 0 Å². The first-order chi connectivity index (χ1) is 8.28. The zero-order chi connectivity index (χ0) is 14.0. The van der Waals surface area contributed by atoms with Gasteiger partial charge in [-0.25, -0.2) is 0 Å². The molecular weight excluding hydrogens is 261 g/mol. The summed E-state index contributed by atoms with van der Waals surface area (Å²) in [6, 6.07) is 5.03. The molecule has 1 rings (SSSR count). The van der Waals surface area contributed by atoms with Crippen molar-refractivity contribution < 1.29 is 23.6 Å². The van der Waals surface area contributed by atoms with Crippen molar-refractivity contribution in [2.24, 2.45) is 0 Å². The number of nitro benzene ring substituents is 1. The van der Waals surface area contributed by atoms with Crippen molar-refractivity contribution in [2.45, 2.75) is 12.3 Å². The smallest absolute Gasteiger partial charge is 0.365 e. The van der Waals surface area contributed by atoms with Gasteiger partial charge in [0, 0.05) is 26.4 Å². The molecule has 0 aliphatic heterocycles. The van der Waals surface area contributed by atoms with Gasteiger partial charge in [-0.05, 0) is 24.6 Å². The van der Waals surface area contributed by atoms with Crippen LogP contribution in [-0.2, 0) is 19.0 Å². The molecule has 0 saturated heterocycles. The molecule has 0 aromatic heterocycles. The van der Waals surface area contributed by atoms with Crippen LogP contribution in [0.5, 0.6) is 0 Å². The van der Waals surface area contributed by atoms with E-state index in [0.717, 1.165) is 14.2 Å². The number of hydrogen-bond donors (Lipinski definition) is 1. The Labute approximate surface area is 104 Å². The maximum absolute atomic E-state index is 12.2. The number of nitro groups is 1. The van der Waals surface area contributed by atoms with E-state index >= 15 is 0 Å². The van der Waals surface area contributed by atoms with Crippen LogP contribution in [0.1, 0.15) is 12.5 Å². The fourth-order valence-corrected chi connectivity index (χ4v) is 2.81. The van der Waals surface area contributed by atoms with E-state index < -0.39 is 17.9 Å². The summed E-state index contributed by atoms with van der Waals surface area (Å²) in [5, 5.41) is 18.9.